The van der Waals surface area contributed by atoms with Crippen LogP contribution in [0.4, 0.5) is 8.78 Å². The zero-order chi connectivity index (χ0) is 13.4. The molecule has 0 unspecified atom stereocenters. The van der Waals surface area contributed by atoms with E-state index in [0.717, 1.165) is 15.5 Å². The third kappa shape index (κ3) is 2.38. The van der Waals surface area contributed by atoms with Crippen molar-refractivity contribution in [3.8, 4) is 0 Å². The van der Waals surface area contributed by atoms with Gasteiger partial charge in [0.1, 0.15) is 17.5 Å². The molecule has 0 saturated heterocycles. The Hall–Kier alpha value is -1.75. The number of nitrogens with zero attached hydrogens (tertiary/aromatic N) is 1. The molecule has 0 spiro atoms. The van der Waals surface area contributed by atoms with Gasteiger partial charge in [0.2, 0.25) is 0 Å². The number of aromatic nitrogens is 2. The molecule has 0 radical (unpaired) electrons. The standard InChI is InChI=1S/C14H9BrF2N2/c15-8-4-5-12-13(6-8)19-14(18-12)7-9-10(16)2-1-3-11(9)17/h1-6H,7H2,(H,18,19). The van der Waals surface area contributed by atoms with E-state index in [4.69, 9.17) is 0 Å². The number of H-pyrrole nitrogens is 1. The Balaban J connectivity index is 2.01. The van der Waals surface area contributed by atoms with Crippen LogP contribution in [0, 0.1) is 11.6 Å². The predicted molar refractivity (Wildman–Crippen MR) is 73.0 cm³/mol. The van der Waals surface area contributed by atoms with E-state index in [9.17, 15) is 8.78 Å². The lowest BCUT2D eigenvalue weighted by atomic mass is 10.1. The lowest BCUT2D eigenvalue weighted by molar-refractivity contribution is 0.559. The maximum absolute atomic E-state index is 13.6. The van der Waals surface area contributed by atoms with Gasteiger partial charge in [0.25, 0.3) is 0 Å². The van der Waals surface area contributed by atoms with E-state index >= 15 is 0 Å². The summed E-state index contributed by atoms with van der Waals surface area (Å²) in [5, 5.41) is 0. The highest BCUT2D eigenvalue weighted by atomic mass is 79.9. The molecular weight excluding hydrogens is 314 g/mol. The SMILES string of the molecule is Fc1cccc(F)c1Cc1nc2ccc(Br)cc2[nH]1. The predicted octanol–water partition coefficient (Wildman–Crippen LogP) is 4.19. The fraction of sp³-hybridized carbons (Fsp3) is 0.0714. The molecule has 0 atom stereocenters. The van der Waals surface area contributed by atoms with E-state index in [1.807, 2.05) is 18.2 Å². The Labute approximate surface area is 116 Å². The van der Waals surface area contributed by atoms with Crippen LogP contribution in [-0.4, -0.2) is 9.97 Å². The number of fused-ring (bicyclic) bond motifs is 1. The molecule has 0 saturated carbocycles. The quantitative estimate of drug-likeness (QED) is 0.752. The monoisotopic (exact) mass is 322 g/mol. The van der Waals surface area contributed by atoms with Gasteiger partial charge in [0, 0.05) is 16.5 Å². The molecule has 0 bridgehead atoms. The molecule has 0 fully saturated rings. The Morgan fingerprint density at radius 1 is 1.11 bits per heavy atom. The highest BCUT2D eigenvalue weighted by Crippen LogP contribution is 2.20. The van der Waals surface area contributed by atoms with Crippen molar-refractivity contribution in [3.05, 3.63) is 63.9 Å². The molecule has 96 valence electrons. The second-order valence-electron chi connectivity index (χ2n) is 4.22. The summed E-state index contributed by atoms with van der Waals surface area (Å²) in [7, 11) is 0. The molecule has 1 N–H and O–H groups in total. The van der Waals surface area contributed by atoms with E-state index in [2.05, 4.69) is 25.9 Å². The first-order valence-electron chi connectivity index (χ1n) is 5.70. The Bertz CT molecular complexity index is 732. The lowest BCUT2D eigenvalue weighted by Crippen LogP contribution is -1.98. The van der Waals surface area contributed by atoms with Crippen LogP contribution in [0.25, 0.3) is 11.0 Å². The molecule has 3 aromatic rings. The highest BCUT2D eigenvalue weighted by molar-refractivity contribution is 9.10. The summed E-state index contributed by atoms with van der Waals surface area (Å²) in [5.74, 6) is -0.569. The number of hydrogen-bond acceptors (Lipinski definition) is 1. The van der Waals surface area contributed by atoms with Crippen LogP contribution in [0.15, 0.2) is 40.9 Å². The number of rotatable bonds is 2. The Morgan fingerprint density at radius 2 is 1.84 bits per heavy atom. The van der Waals surface area contributed by atoms with E-state index < -0.39 is 11.6 Å². The van der Waals surface area contributed by atoms with Gasteiger partial charge in [0.15, 0.2) is 0 Å². The van der Waals surface area contributed by atoms with Gasteiger partial charge in [-0.15, -0.1) is 0 Å². The second-order valence-corrected chi connectivity index (χ2v) is 5.14. The van der Waals surface area contributed by atoms with Gasteiger partial charge in [-0.05, 0) is 30.3 Å². The lowest BCUT2D eigenvalue weighted by Gasteiger charge is -2.01. The van der Waals surface area contributed by atoms with E-state index in [1.165, 1.54) is 18.2 Å². The van der Waals surface area contributed by atoms with Gasteiger partial charge in [-0.1, -0.05) is 22.0 Å². The molecule has 2 aromatic carbocycles. The first kappa shape index (κ1) is 12.3. The first-order chi connectivity index (χ1) is 9.13. The van der Waals surface area contributed by atoms with Crippen LogP contribution < -0.4 is 0 Å². The topological polar surface area (TPSA) is 28.7 Å². The zero-order valence-corrected chi connectivity index (χ0v) is 11.3. The normalized spacial score (nSPS) is 11.1. The molecule has 3 rings (SSSR count). The summed E-state index contributed by atoms with van der Waals surface area (Å²) >= 11 is 3.36. The maximum atomic E-state index is 13.6. The minimum absolute atomic E-state index is 0.0284. The number of nitrogens with one attached hydrogen (secondary N) is 1. The molecule has 0 aliphatic heterocycles. The number of imidazole rings is 1. The van der Waals surface area contributed by atoms with Crippen molar-refractivity contribution >= 4 is 27.0 Å². The highest BCUT2D eigenvalue weighted by Gasteiger charge is 2.11. The number of aromatic amines is 1. The van der Waals surface area contributed by atoms with Gasteiger partial charge in [-0.2, -0.15) is 0 Å². The molecule has 19 heavy (non-hydrogen) atoms. The van der Waals surface area contributed by atoms with E-state index in [0.29, 0.717) is 5.82 Å². The average molecular weight is 323 g/mol. The maximum Gasteiger partial charge on any atom is 0.129 e. The minimum Gasteiger partial charge on any atom is -0.342 e. The third-order valence-electron chi connectivity index (χ3n) is 2.90. The molecular formula is C14H9BrF2N2. The molecule has 0 aliphatic rings. The number of halogens is 3. The van der Waals surface area contributed by atoms with E-state index in [1.54, 1.807) is 0 Å². The van der Waals surface area contributed by atoms with Crippen molar-refractivity contribution in [1.82, 2.24) is 9.97 Å². The third-order valence-corrected chi connectivity index (χ3v) is 3.39. The van der Waals surface area contributed by atoms with Gasteiger partial charge in [-0.3, -0.25) is 0 Å². The van der Waals surface area contributed by atoms with Gasteiger partial charge in [-0.25, -0.2) is 13.8 Å². The summed E-state index contributed by atoms with van der Waals surface area (Å²) in [6, 6.07) is 9.44. The zero-order valence-electron chi connectivity index (χ0n) is 9.75. The van der Waals surface area contributed by atoms with Gasteiger partial charge in [0.05, 0.1) is 11.0 Å². The average Bonchev–Trinajstić information content (AvgIpc) is 2.75. The van der Waals surface area contributed by atoms with Crippen molar-refractivity contribution in [2.75, 3.05) is 0 Å². The summed E-state index contributed by atoms with van der Waals surface area (Å²) in [5.41, 5.74) is 1.64. The molecule has 5 heteroatoms. The van der Waals surface area contributed by atoms with Crippen molar-refractivity contribution in [2.45, 2.75) is 6.42 Å². The molecule has 0 aliphatic carbocycles. The van der Waals surface area contributed by atoms with Crippen LogP contribution in [0.3, 0.4) is 0 Å². The molecule has 2 nitrogen and oxygen atoms in total. The van der Waals surface area contributed by atoms with Crippen molar-refractivity contribution < 1.29 is 8.78 Å². The summed E-state index contributed by atoms with van der Waals surface area (Å²) in [6.45, 7) is 0. The van der Waals surface area contributed by atoms with Crippen molar-refractivity contribution in [1.29, 1.82) is 0 Å². The van der Waals surface area contributed by atoms with Gasteiger partial charge < -0.3 is 4.98 Å². The second kappa shape index (κ2) is 4.74. The molecule has 1 aromatic heterocycles. The summed E-state index contributed by atoms with van der Waals surface area (Å²) < 4.78 is 28.1. The first-order valence-corrected chi connectivity index (χ1v) is 6.50. The largest absolute Gasteiger partial charge is 0.342 e. The van der Waals surface area contributed by atoms with Crippen LogP contribution in [-0.2, 0) is 6.42 Å². The minimum atomic E-state index is -0.554. The van der Waals surface area contributed by atoms with Crippen molar-refractivity contribution in [3.63, 3.8) is 0 Å². The van der Waals surface area contributed by atoms with Crippen LogP contribution >= 0.6 is 15.9 Å². The summed E-state index contributed by atoms with van der Waals surface area (Å²) in [6.07, 6.45) is 0.102. The summed E-state index contributed by atoms with van der Waals surface area (Å²) in [4.78, 5) is 7.39. The van der Waals surface area contributed by atoms with Crippen LogP contribution in [0.2, 0.25) is 0 Å². The molecule has 0 amide bonds. The van der Waals surface area contributed by atoms with Crippen LogP contribution in [0.5, 0.6) is 0 Å². The van der Waals surface area contributed by atoms with Crippen LogP contribution in [0.1, 0.15) is 11.4 Å². The van der Waals surface area contributed by atoms with Crippen molar-refractivity contribution in [2.24, 2.45) is 0 Å². The smallest absolute Gasteiger partial charge is 0.129 e. The fourth-order valence-corrected chi connectivity index (χ4v) is 2.35. The fourth-order valence-electron chi connectivity index (χ4n) is 1.99. The van der Waals surface area contributed by atoms with E-state index in [-0.39, 0.29) is 12.0 Å². The Kier molecular flexibility index (Phi) is 3.06. The molecule has 1 heterocycles. The number of benzene rings is 2. The Morgan fingerprint density at radius 3 is 2.58 bits per heavy atom. The number of hydrogen-bond donors (Lipinski definition) is 1. The van der Waals surface area contributed by atoms with Gasteiger partial charge >= 0.3 is 0 Å².